The predicted molar refractivity (Wildman–Crippen MR) is 113 cm³/mol. The minimum Gasteiger partial charge on any atom is -0.358 e. The van der Waals surface area contributed by atoms with Crippen molar-refractivity contribution in [1.29, 1.82) is 0 Å². The van der Waals surface area contributed by atoms with E-state index in [9.17, 15) is 0 Å². The lowest BCUT2D eigenvalue weighted by atomic mass is 10.1. The van der Waals surface area contributed by atoms with E-state index in [1.54, 1.807) is 0 Å². The van der Waals surface area contributed by atoms with Crippen LogP contribution in [0.25, 0.3) is 0 Å². The van der Waals surface area contributed by atoms with Crippen LogP contribution >= 0.6 is 9.47 Å². The summed E-state index contributed by atoms with van der Waals surface area (Å²) in [7, 11) is 2.36. The minimum atomic E-state index is 0.125. The third kappa shape index (κ3) is 17.4. The molecule has 0 radical (unpaired) electrons. The van der Waals surface area contributed by atoms with E-state index in [2.05, 4.69) is 84.1 Å². The molecule has 1 nitrogen and oxygen atoms in total. The van der Waals surface area contributed by atoms with E-state index in [0.717, 1.165) is 25.7 Å². The molecule has 0 rings (SSSR count). The largest absolute Gasteiger partial charge is 0.358 e. The zero-order valence-electron chi connectivity index (χ0n) is 15.7. The van der Waals surface area contributed by atoms with Crippen LogP contribution < -0.4 is 0 Å². The van der Waals surface area contributed by atoms with Crippen LogP contribution in [-0.2, 0) is 4.52 Å². The van der Waals surface area contributed by atoms with E-state index in [1.807, 2.05) is 0 Å². The van der Waals surface area contributed by atoms with Crippen molar-refractivity contribution in [3.63, 3.8) is 0 Å². The average molecular weight is 349 g/mol. The summed E-state index contributed by atoms with van der Waals surface area (Å²) in [6, 6.07) is 0. The van der Waals surface area contributed by atoms with Gasteiger partial charge in [0.15, 0.2) is 0 Å². The zero-order chi connectivity index (χ0) is 17.7. The fourth-order valence-electron chi connectivity index (χ4n) is 2.17. The predicted octanol–water partition coefficient (Wildman–Crippen LogP) is 7.49. The molecule has 0 amide bonds. The highest BCUT2D eigenvalue weighted by Gasteiger charge is 1.97. The number of unbranched alkanes of at least 4 members (excludes halogenated alkanes) is 4. The summed E-state index contributed by atoms with van der Waals surface area (Å²) in [5.74, 6) is 0. The Balaban J connectivity index is 3.79. The molecule has 2 atom stereocenters. The molecule has 2 heteroatoms. The monoisotopic (exact) mass is 348 g/mol. The Hall–Kier alpha value is -0.910. The highest BCUT2D eigenvalue weighted by atomic mass is 31.0. The zero-order valence-corrected chi connectivity index (χ0v) is 16.9. The van der Waals surface area contributed by atoms with Crippen LogP contribution in [0.4, 0.5) is 0 Å². The molecule has 0 aliphatic carbocycles. The second-order valence-corrected chi connectivity index (χ2v) is 6.14. The van der Waals surface area contributed by atoms with Gasteiger partial charge in [0.1, 0.15) is 0 Å². The normalized spacial score (nSPS) is 14.3. The molecule has 0 fully saturated rings. The number of hydrogen-bond donors (Lipinski definition) is 0. The molecular formula is C22H37OP. The third-order valence-corrected chi connectivity index (χ3v) is 3.97. The van der Waals surface area contributed by atoms with Crippen molar-refractivity contribution >= 4 is 9.47 Å². The molecule has 0 aliphatic heterocycles. The molecule has 0 aromatic rings. The van der Waals surface area contributed by atoms with Gasteiger partial charge < -0.3 is 4.52 Å². The first-order valence-electron chi connectivity index (χ1n) is 9.48. The molecule has 2 unspecified atom stereocenters. The van der Waals surface area contributed by atoms with Crippen molar-refractivity contribution in [3.05, 3.63) is 60.8 Å². The summed E-state index contributed by atoms with van der Waals surface area (Å²) in [6.07, 6.45) is 32.5. The van der Waals surface area contributed by atoms with Crippen molar-refractivity contribution in [2.24, 2.45) is 0 Å². The van der Waals surface area contributed by atoms with Gasteiger partial charge in [-0.15, -0.1) is 0 Å². The summed E-state index contributed by atoms with van der Waals surface area (Å²) in [4.78, 5) is 0. The maximum Gasteiger partial charge on any atom is 0.0828 e. The van der Waals surface area contributed by atoms with E-state index >= 15 is 0 Å². The molecule has 0 aromatic heterocycles. The Bertz CT molecular complexity index is 391. The highest BCUT2D eigenvalue weighted by Crippen LogP contribution is 2.07. The van der Waals surface area contributed by atoms with E-state index in [-0.39, 0.29) is 6.10 Å². The van der Waals surface area contributed by atoms with Gasteiger partial charge in [-0.1, -0.05) is 93.9 Å². The summed E-state index contributed by atoms with van der Waals surface area (Å²) in [6.45, 7) is 4.41. The number of rotatable bonds is 15. The highest BCUT2D eigenvalue weighted by molar-refractivity contribution is 7.09. The molecule has 0 bridgehead atoms. The van der Waals surface area contributed by atoms with Crippen LogP contribution in [0.3, 0.4) is 0 Å². The van der Waals surface area contributed by atoms with Gasteiger partial charge in [-0.25, -0.2) is 0 Å². The third-order valence-electron chi connectivity index (χ3n) is 3.62. The second kappa shape index (κ2) is 20.1. The number of allylic oxidation sites excluding steroid dienone is 8. The van der Waals surface area contributed by atoms with Crippen LogP contribution in [0.5, 0.6) is 0 Å². The van der Waals surface area contributed by atoms with Gasteiger partial charge in [-0.05, 0) is 38.5 Å². The first-order valence-corrected chi connectivity index (χ1v) is 9.96. The fourth-order valence-corrected chi connectivity index (χ4v) is 2.38. The molecule has 0 spiro atoms. The molecule has 0 aliphatic rings. The first-order chi connectivity index (χ1) is 11.8. The van der Waals surface area contributed by atoms with Crippen molar-refractivity contribution in [3.8, 4) is 0 Å². The molecule has 0 saturated heterocycles. The average Bonchev–Trinajstić information content (AvgIpc) is 2.60. The van der Waals surface area contributed by atoms with Crippen molar-refractivity contribution in [2.45, 2.75) is 77.7 Å². The van der Waals surface area contributed by atoms with E-state index in [0.29, 0.717) is 0 Å². The lowest BCUT2D eigenvalue weighted by molar-refractivity contribution is 0.298. The maximum absolute atomic E-state index is 5.38. The van der Waals surface area contributed by atoms with E-state index in [4.69, 9.17) is 4.52 Å². The van der Waals surface area contributed by atoms with Gasteiger partial charge in [0.25, 0.3) is 0 Å². The van der Waals surface area contributed by atoms with Crippen LogP contribution in [0.15, 0.2) is 60.8 Å². The quantitative estimate of drug-likeness (QED) is 0.129. The van der Waals surface area contributed by atoms with Gasteiger partial charge >= 0.3 is 0 Å². The molecule has 0 aromatic carbocycles. The lowest BCUT2D eigenvalue weighted by Crippen LogP contribution is -2.00. The van der Waals surface area contributed by atoms with E-state index in [1.165, 1.54) is 32.1 Å². The molecule has 24 heavy (non-hydrogen) atoms. The van der Waals surface area contributed by atoms with E-state index < -0.39 is 0 Å². The fraction of sp³-hybridized carbons (Fsp3) is 0.545. The SMILES string of the molecule is CC/C=C\C/C=C\CC(/C=C/C=C\C/C=C\CCCCCC)OP. The lowest BCUT2D eigenvalue weighted by Gasteiger charge is -2.06. The van der Waals surface area contributed by atoms with Gasteiger partial charge in [0.2, 0.25) is 0 Å². The molecule has 136 valence electrons. The Kier molecular flexibility index (Phi) is 19.4. The first kappa shape index (κ1) is 23.1. The summed E-state index contributed by atoms with van der Waals surface area (Å²) in [5.41, 5.74) is 0. The molecule has 0 saturated carbocycles. The summed E-state index contributed by atoms with van der Waals surface area (Å²) in [5, 5.41) is 0. The standard InChI is InChI=1S/C22H37OP/c1-3-5-7-9-11-12-13-14-15-17-19-21-22(23-24)20-18-16-10-8-6-4-2/h6,8,12-13,15-19,21-22H,3-5,7,9-11,14,20,24H2,1-2H3/b8-6-,13-12-,17-15-,18-16-,21-19+. The minimum absolute atomic E-state index is 0.125. The van der Waals surface area contributed by atoms with Crippen molar-refractivity contribution in [2.75, 3.05) is 0 Å². The topological polar surface area (TPSA) is 9.23 Å². The number of hydrogen-bond acceptors (Lipinski definition) is 1. The second-order valence-electron chi connectivity index (χ2n) is 5.87. The smallest absolute Gasteiger partial charge is 0.0828 e. The Morgan fingerprint density at radius 1 is 0.792 bits per heavy atom. The van der Waals surface area contributed by atoms with Crippen LogP contribution in [-0.4, -0.2) is 6.10 Å². The van der Waals surface area contributed by atoms with Crippen LogP contribution in [0.2, 0.25) is 0 Å². The Labute approximate surface area is 152 Å². The molecule has 0 N–H and O–H groups in total. The van der Waals surface area contributed by atoms with Gasteiger partial charge in [0, 0.05) is 9.47 Å². The van der Waals surface area contributed by atoms with Crippen molar-refractivity contribution in [1.82, 2.24) is 0 Å². The van der Waals surface area contributed by atoms with Crippen LogP contribution in [0, 0.1) is 0 Å². The maximum atomic E-state index is 5.38. The Morgan fingerprint density at radius 3 is 2.29 bits per heavy atom. The van der Waals surface area contributed by atoms with Crippen molar-refractivity contribution < 1.29 is 4.52 Å². The molecular weight excluding hydrogens is 311 g/mol. The van der Waals surface area contributed by atoms with Gasteiger partial charge in [0.05, 0.1) is 6.10 Å². The van der Waals surface area contributed by atoms with Gasteiger partial charge in [-0.2, -0.15) is 0 Å². The molecule has 0 heterocycles. The van der Waals surface area contributed by atoms with Crippen LogP contribution in [0.1, 0.15) is 71.6 Å². The summed E-state index contributed by atoms with van der Waals surface area (Å²) >= 11 is 0. The van der Waals surface area contributed by atoms with Gasteiger partial charge in [-0.3, -0.25) is 0 Å². The summed E-state index contributed by atoms with van der Waals surface area (Å²) < 4.78 is 5.38. The Morgan fingerprint density at radius 2 is 1.54 bits per heavy atom.